The van der Waals surface area contributed by atoms with Crippen molar-refractivity contribution in [3.63, 3.8) is 0 Å². The number of esters is 1. The zero-order chi connectivity index (χ0) is 36.7. The van der Waals surface area contributed by atoms with Gasteiger partial charge in [0.1, 0.15) is 29.6 Å². The highest BCUT2D eigenvalue weighted by Gasteiger charge is 2.68. The number of Topliss-reactive ketones (excluding diaryl/α,β-unsaturated/α-hetero) is 1. The third-order valence-electron chi connectivity index (χ3n) is 10.7. The number of aromatic nitrogens is 2. The Bertz CT molecular complexity index is 1760. The number of amides is 1. The molecule has 4 fully saturated rings. The Hall–Kier alpha value is -3.85. The number of nitrogens with zero attached hydrogens (tertiary/aromatic N) is 2. The van der Waals surface area contributed by atoms with Crippen LogP contribution < -0.4 is 15.8 Å². The smallest absolute Gasteiger partial charge is 0.461 e. The molecule has 0 radical (unpaired) electrons. The summed E-state index contributed by atoms with van der Waals surface area (Å²) < 4.78 is 34.5. The molecule has 2 aromatic carbocycles. The Morgan fingerprint density at radius 3 is 2.53 bits per heavy atom. The topological polar surface area (TPSA) is 161 Å². The first-order valence-corrected chi connectivity index (χ1v) is 18.2. The molecule has 1 aromatic heterocycles. The number of hydrogen-bond donors (Lipinski definition) is 2. The van der Waals surface area contributed by atoms with Crippen LogP contribution in [0, 0.1) is 17.3 Å². The lowest BCUT2D eigenvalue weighted by atomic mass is 9.43. The molecule has 1 unspecified atom stereocenters. The molecule has 1 saturated heterocycles. The van der Waals surface area contributed by atoms with Crippen molar-refractivity contribution >= 4 is 41.6 Å². The summed E-state index contributed by atoms with van der Waals surface area (Å²) in [7, 11) is 0.800. The van der Waals surface area contributed by atoms with E-state index in [0.717, 1.165) is 29.9 Å². The van der Waals surface area contributed by atoms with E-state index in [1.807, 2.05) is 36.4 Å². The minimum atomic E-state index is -1.17. The van der Waals surface area contributed by atoms with Gasteiger partial charge in [-0.1, -0.05) is 56.3 Å². The maximum atomic E-state index is 13.9. The van der Waals surface area contributed by atoms with Crippen molar-refractivity contribution in [3.05, 3.63) is 71.0 Å². The molecule has 2 bridgehead atoms. The fraction of sp³-hybridized carbons (Fsp3) is 0.541. The largest absolute Gasteiger partial charge is 0.496 e. The lowest BCUT2D eigenvalue weighted by molar-refractivity contribution is -0.199. The van der Waals surface area contributed by atoms with Crippen LogP contribution in [0.4, 0.5) is 9.93 Å². The van der Waals surface area contributed by atoms with Gasteiger partial charge in [-0.15, -0.1) is 0 Å². The van der Waals surface area contributed by atoms with Crippen LogP contribution >= 0.6 is 11.5 Å². The van der Waals surface area contributed by atoms with Gasteiger partial charge in [-0.2, -0.15) is 4.37 Å². The first-order valence-electron chi connectivity index (χ1n) is 17.4. The van der Waals surface area contributed by atoms with E-state index in [4.69, 9.17) is 29.3 Å². The van der Waals surface area contributed by atoms with Crippen LogP contribution in [0.25, 0.3) is 0 Å². The molecule has 12 nitrogen and oxygen atoms in total. The number of benzene rings is 2. The molecule has 0 spiro atoms. The van der Waals surface area contributed by atoms with E-state index >= 15 is 0 Å². The maximum Gasteiger partial charge on any atom is 0.461 e. The number of ketones is 1. The van der Waals surface area contributed by atoms with Gasteiger partial charge in [0.25, 0.3) is 0 Å². The zero-order valence-electron chi connectivity index (χ0n) is 30.3. The van der Waals surface area contributed by atoms with Crippen LogP contribution in [0.15, 0.2) is 48.5 Å². The lowest BCUT2D eigenvalue weighted by Crippen LogP contribution is -2.65. The predicted molar refractivity (Wildman–Crippen MR) is 192 cm³/mol. The van der Waals surface area contributed by atoms with Crippen LogP contribution in [0.5, 0.6) is 5.75 Å². The van der Waals surface area contributed by atoms with Crippen molar-refractivity contribution in [2.24, 2.45) is 23.0 Å². The second kappa shape index (κ2) is 14.3. The molecular weight excluding hydrogens is 671 g/mol. The summed E-state index contributed by atoms with van der Waals surface area (Å²) in [6.07, 6.45) is 1.45. The first-order chi connectivity index (χ1) is 24.1. The molecule has 3 aliphatic carbocycles. The molecule has 2 heterocycles. The summed E-state index contributed by atoms with van der Waals surface area (Å²) in [6, 6.07) is 13.4. The summed E-state index contributed by atoms with van der Waals surface area (Å²) >= 11 is 0.908. The summed E-state index contributed by atoms with van der Waals surface area (Å²) in [4.78, 5) is 43.8. The highest BCUT2D eigenvalue weighted by molar-refractivity contribution is 7.09. The van der Waals surface area contributed by atoms with E-state index < -0.39 is 42.2 Å². The molecule has 6 atom stereocenters. The SMILES string of the molecule is COc1c(C[C@H](CC(=O)C(N)c2nsc(NC(=O)OCc3ccccc3)n2)B2O[C@@H]3C[C@@H]4C[C@@H](C4(C)C)[C@]3(C)O2)cccc1C(=O)OC(C)(C)C. The fourth-order valence-corrected chi connectivity index (χ4v) is 8.51. The van der Waals surface area contributed by atoms with Crippen LogP contribution in [0.2, 0.25) is 5.82 Å². The Morgan fingerprint density at radius 2 is 1.84 bits per heavy atom. The Morgan fingerprint density at radius 1 is 1.10 bits per heavy atom. The fourth-order valence-electron chi connectivity index (χ4n) is 7.92. The third kappa shape index (κ3) is 7.69. The van der Waals surface area contributed by atoms with E-state index in [0.29, 0.717) is 29.6 Å². The Balaban J connectivity index is 1.20. The molecule has 1 aliphatic heterocycles. The number of hydrogen-bond acceptors (Lipinski definition) is 12. The minimum absolute atomic E-state index is 0.0208. The van der Waals surface area contributed by atoms with E-state index in [2.05, 4.69) is 35.4 Å². The number of methoxy groups -OCH3 is 1. The highest BCUT2D eigenvalue weighted by Crippen LogP contribution is 2.66. The summed E-state index contributed by atoms with van der Waals surface area (Å²) in [5, 5.41) is 2.72. The van der Waals surface area contributed by atoms with Crippen LogP contribution in [-0.2, 0) is 36.6 Å². The predicted octanol–water partition coefficient (Wildman–Crippen LogP) is 6.55. The highest BCUT2D eigenvalue weighted by atomic mass is 32.1. The van der Waals surface area contributed by atoms with Gasteiger partial charge in [0.05, 0.1) is 18.8 Å². The average molecular weight is 719 g/mol. The minimum Gasteiger partial charge on any atom is -0.496 e. The maximum absolute atomic E-state index is 13.9. The van der Waals surface area contributed by atoms with Gasteiger partial charge in [0.15, 0.2) is 11.6 Å². The van der Waals surface area contributed by atoms with Gasteiger partial charge in [-0.3, -0.25) is 10.1 Å². The summed E-state index contributed by atoms with van der Waals surface area (Å²) in [5.74, 6) is 0.0156. The van der Waals surface area contributed by atoms with Crippen molar-refractivity contribution in [2.75, 3.05) is 12.4 Å². The van der Waals surface area contributed by atoms with Gasteiger partial charge >= 0.3 is 19.2 Å². The number of ether oxygens (including phenoxy) is 3. The molecule has 3 saturated carbocycles. The van der Waals surface area contributed by atoms with E-state index in [1.165, 1.54) is 7.11 Å². The van der Waals surface area contributed by atoms with E-state index in [-0.39, 0.29) is 46.8 Å². The standard InChI is InChI=1S/C37H47BN4O8S/c1-35(2,3)48-32(44)25-15-11-14-22(30(25)46-7)16-24(38-49-28-18-23-17-27(36(23,4)5)37(28,6)50-38)19-26(43)29(39)31-40-33(51-42-31)41-34(45)47-20-21-12-9-8-10-13-21/h8-15,23-24,27-29H,16-20,39H2,1-7H3,(H,40,41,42,45)/t23-,24+,27-,28+,29?,37-/m0/s1. The molecule has 51 heavy (non-hydrogen) atoms. The number of rotatable bonds is 12. The van der Waals surface area contributed by atoms with Crippen molar-refractivity contribution in [3.8, 4) is 5.75 Å². The Labute approximate surface area is 303 Å². The second-order valence-electron chi connectivity index (χ2n) is 15.6. The van der Waals surface area contributed by atoms with Crippen LogP contribution in [-0.4, -0.2) is 58.7 Å². The summed E-state index contributed by atoms with van der Waals surface area (Å²) in [5.41, 5.74) is 7.24. The normalized spacial score (nSPS) is 24.5. The first kappa shape index (κ1) is 36.9. The molecule has 14 heteroatoms. The zero-order valence-corrected chi connectivity index (χ0v) is 31.1. The third-order valence-corrected chi connectivity index (χ3v) is 11.4. The Kier molecular flexibility index (Phi) is 10.3. The van der Waals surface area contributed by atoms with Crippen molar-refractivity contribution in [1.82, 2.24) is 9.36 Å². The van der Waals surface area contributed by atoms with E-state index in [9.17, 15) is 14.4 Å². The number of anilines is 1. The van der Waals surface area contributed by atoms with Gasteiger partial charge in [0, 0.05) is 23.8 Å². The molecule has 7 rings (SSSR count). The molecule has 4 aliphatic rings. The van der Waals surface area contributed by atoms with E-state index in [1.54, 1.807) is 32.9 Å². The van der Waals surface area contributed by atoms with Crippen molar-refractivity contribution in [1.29, 1.82) is 0 Å². The lowest BCUT2D eigenvalue weighted by Gasteiger charge is -2.64. The van der Waals surface area contributed by atoms with Gasteiger partial charge in [0.2, 0.25) is 5.13 Å². The van der Waals surface area contributed by atoms with Gasteiger partial charge in [-0.05, 0) is 81.4 Å². The number of para-hydroxylation sites is 1. The van der Waals surface area contributed by atoms with Crippen molar-refractivity contribution < 1.29 is 37.9 Å². The van der Waals surface area contributed by atoms with Crippen LogP contribution in [0.1, 0.15) is 94.2 Å². The van der Waals surface area contributed by atoms with Gasteiger partial charge in [-0.25, -0.2) is 14.6 Å². The summed E-state index contributed by atoms with van der Waals surface area (Å²) in [6.45, 7) is 12.2. The quantitative estimate of drug-likeness (QED) is 0.154. The van der Waals surface area contributed by atoms with Crippen LogP contribution in [0.3, 0.4) is 0 Å². The number of nitrogens with one attached hydrogen (secondary N) is 1. The molecule has 272 valence electrons. The molecular formula is C37H47BN4O8S. The number of carbonyl (C=O) groups is 3. The molecule has 3 aromatic rings. The molecule has 1 amide bonds. The average Bonchev–Trinajstić information content (AvgIpc) is 3.70. The molecule has 3 N–H and O–H groups in total. The van der Waals surface area contributed by atoms with Crippen molar-refractivity contribution in [2.45, 2.75) is 103 Å². The number of carbonyl (C=O) groups excluding carboxylic acids is 3. The second-order valence-corrected chi connectivity index (χ2v) is 16.3. The van der Waals surface area contributed by atoms with Gasteiger partial charge < -0.3 is 29.3 Å². The number of nitrogens with two attached hydrogens (primary N) is 1. The monoisotopic (exact) mass is 718 g/mol.